The fourth-order valence-corrected chi connectivity index (χ4v) is 4.28. The number of piperidine rings is 1. The van der Waals surface area contributed by atoms with Gasteiger partial charge in [0.05, 0.1) is 10.5 Å². The van der Waals surface area contributed by atoms with E-state index in [4.69, 9.17) is 0 Å². The fraction of sp³-hybridized carbons (Fsp3) is 0.571. The number of sulfonamides is 1. The third kappa shape index (κ3) is 3.80. The summed E-state index contributed by atoms with van der Waals surface area (Å²) in [5.74, 6) is 0.180. The van der Waals surface area contributed by atoms with Gasteiger partial charge in [-0.1, -0.05) is 6.07 Å². The molecule has 1 fully saturated rings. The molecule has 1 aliphatic heterocycles. The van der Waals surface area contributed by atoms with E-state index in [1.54, 1.807) is 7.05 Å². The van der Waals surface area contributed by atoms with Crippen LogP contribution in [0.4, 0.5) is 13.2 Å². The lowest BCUT2D eigenvalue weighted by Gasteiger charge is -2.32. The minimum absolute atomic E-state index is 0.180. The predicted molar refractivity (Wildman–Crippen MR) is 76.9 cm³/mol. The Balaban J connectivity index is 2.26. The second kappa shape index (κ2) is 6.55. The maximum atomic E-state index is 12.7. The van der Waals surface area contributed by atoms with Gasteiger partial charge in [-0.2, -0.15) is 17.5 Å². The summed E-state index contributed by atoms with van der Waals surface area (Å²) in [6, 6.07) is 3.92. The molecule has 2 rings (SSSR count). The highest BCUT2D eigenvalue weighted by Crippen LogP contribution is 2.31. The molecule has 1 aromatic rings. The third-order valence-electron chi connectivity index (χ3n) is 3.77. The van der Waals surface area contributed by atoms with E-state index in [-0.39, 0.29) is 10.8 Å². The quantitative estimate of drug-likeness (QED) is 0.918. The summed E-state index contributed by atoms with van der Waals surface area (Å²) in [4.78, 5) is -0.299. The van der Waals surface area contributed by atoms with Crippen LogP contribution in [0.3, 0.4) is 0 Å². The van der Waals surface area contributed by atoms with Crippen LogP contribution in [0.25, 0.3) is 0 Å². The molecule has 0 aromatic heterocycles. The molecule has 4 nitrogen and oxygen atoms in total. The third-order valence-corrected chi connectivity index (χ3v) is 5.63. The Kier molecular flexibility index (Phi) is 5.14. The van der Waals surface area contributed by atoms with Crippen LogP contribution < -0.4 is 5.32 Å². The van der Waals surface area contributed by atoms with Crippen molar-refractivity contribution in [1.29, 1.82) is 0 Å². The number of rotatable bonds is 4. The highest BCUT2D eigenvalue weighted by atomic mass is 32.2. The van der Waals surface area contributed by atoms with E-state index >= 15 is 0 Å². The van der Waals surface area contributed by atoms with Crippen LogP contribution in [0.1, 0.15) is 18.4 Å². The van der Waals surface area contributed by atoms with Gasteiger partial charge >= 0.3 is 6.18 Å². The van der Waals surface area contributed by atoms with Gasteiger partial charge in [-0.3, -0.25) is 0 Å². The number of nitrogens with one attached hydrogen (secondary N) is 1. The first-order valence-corrected chi connectivity index (χ1v) is 8.51. The topological polar surface area (TPSA) is 49.4 Å². The van der Waals surface area contributed by atoms with Gasteiger partial charge in [0.25, 0.3) is 0 Å². The van der Waals surface area contributed by atoms with Crippen molar-refractivity contribution in [2.45, 2.75) is 23.9 Å². The standard InChI is InChI=1S/C14H19F3N2O2S/c1-18-9-11-4-3-7-19(10-11)22(20,21)13-6-2-5-12(8-13)14(15,16)17/h2,5-6,8,11,18H,3-4,7,9-10H2,1H3. The van der Waals surface area contributed by atoms with E-state index < -0.39 is 21.8 Å². The summed E-state index contributed by atoms with van der Waals surface area (Å²) in [6.07, 6.45) is -2.93. The molecule has 1 saturated heterocycles. The zero-order valence-electron chi connectivity index (χ0n) is 12.2. The first kappa shape index (κ1) is 17.2. The molecule has 1 atom stereocenters. The van der Waals surface area contributed by atoms with Gasteiger partial charge in [0.15, 0.2) is 0 Å². The molecule has 0 spiro atoms. The number of halogens is 3. The molecule has 8 heteroatoms. The normalized spacial score (nSPS) is 21.0. The zero-order valence-corrected chi connectivity index (χ0v) is 13.0. The van der Waals surface area contributed by atoms with Crippen molar-refractivity contribution in [1.82, 2.24) is 9.62 Å². The molecule has 0 aliphatic carbocycles. The Labute approximate surface area is 128 Å². The number of hydrogen-bond acceptors (Lipinski definition) is 3. The fourth-order valence-electron chi connectivity index (χ4n) is 2.68. The lowest BCUT2D eigenvalue weighted by atomic mass is 10.00. The van der Waals surface area contributed by atoms with Crippen molar-refractivity contribution < 1.29 is 21.6 Å². The zero-order chi connectivity index (χ0) is 16.4. The molecule has 1 aromatic carbocycles. The maximum Gasteiger partial charge on any atom is 0.416 e. The molecule has 1 heterocycles. The molecule has 1 aliphatic rings. The molecular formula is C14H19F3N2O2S. The van der Waals surface area contributed by atoms with Crippen molar-refractivity contribution in [2.75, 3.05) is 26.7 Å². The molecular weight excluding hydrogens is 317 g/mol. The molecule has 22 heavy (non-hydrogen) atoms. The Bertz CT molecular complexity index is 615. The van der Waals surface area contributed by atoms with Gasteiger partial charge in [0.2, 0.25) is 10.0 Å². The van der Waals surface area contributed by atoms with Gasteiger partial charge in [0, 0.05) is 13.1 Å². The average Bonchev–Trinajstić information content (AvgIpc) is 2.47. The van der Waals surface area contributed by atoms with E-state index in [1.807, 2.05) is 0 Å². The van der Waals surface area contributed by atoms with Crippen LogP contribution in [0.5, 0.6) is 0 Å². The second-order valence-corrected chi connectivity index (χ2v) is 7.39. The van der Waals surface area contributed by atoms with E-state index in [9.17, 15) is 21.6 Å². The summed E-state index contributed by atoms with van der Waals surface area (Å²) in [5, 5.41) is 3.01. The second-order valence-electron chi connectivity index (χ2n) is 5.45. The minimum Gasteiger partial charge on any atom is -0.319 e. The van der Waals surface area contributed by atoms with Gasteiger partial charge in [0.1, 0.15) is 0 Å². The van der Waals surface area contributed by atoms with Crippen molar-refractivity contribution in [3.05, 3.63) is 29.8 Å². The first-order valence-electron chi connectivity index (χ1n) is 7.07. The van der Waals surface area contributed by atoms with Crippen LogP contribution >= 0.6 is 0 Å². The van der Waals surface area contributed by atoms with E-state index in [2.05, 4.69) is 5.32 Å². The molecule has 0 saturated carbocycles. The van der Waals surface area contributed by atoms with E-state index in [0.717, 1.165) is 18.6 Å². The molecule has 0 bridgehead atoms. The Morgan fingerprint density at radius 2 is 2.09 bits per heavy atom. The summed E-state index contributed by atoms with van der Waals surface area (Å²) >= 11 is 0. The predicted octanol–water partition coefficient (Wildman–Crippen LogP) is 2.33. The van der Waals surface area contributed by atoms with Crippen molar-refractivity contribution in [3.63, 3.8) is 0 Å². The number of hydrogen-bond donors (Lipinski definition) is 1. The lowest BCUT2D eigenvalue weighted by Crippen LogP contribution is -2.42. The highest BCUT2D eigenvalue weighted by Gasteiger charge is 2.34. The smallest absolute Gasteiger partial charge is 0.319 e. The molecule has 0 amide bonds. The van der Waals surface area contributed by atoms with Gasteiger partial charge in [-0.05, 0) is 50.6 Å². The molecule has 1 unspecified atom stereocenters. The summed E-state index contributed by atoms with van der Waals surface area (Å²) in [7, 11) is -2.10. The Morgan fingerprint density at radius 1 is 1.36 bits per heavy atom. The van der Waals surface area contributed by atoms with Crippen LogP contribution in [0.15, 0.2) is 29.2 Å². The van der Waals surface area contributed by atoms with Crippen molar-refractivity contribution in [2.24, 2.45) is 5.92 Å². The first-order chi connectivity index (χ1) is 10.2. The van der Waals surface area contributed by atoms with Crippen molar-refractivity contribution in [3.8, 4) is 0 Å². The number of benzene rings is 1. The minimum atomic E-state index is -4.55. The number of nitrogens with zero attached hydrogens (tertiary/aromatic N) is 1. The van der Waals surface area contributed by atoms with Crippen molar-refractivity contribution >= 4 is 10.0 Å². The van der Waals surface area contributed by atoms with Gasteiger partial charge in [-0.25, -0.2) is 8.42 Å². The average molecular weight is 336 g/mol. The summed E-state index contributed by atoms with van der Waals surface area (Å²) < 4.78 is 64.6. The molecule has 0 radical (unpaired) electrons. The van der Waals surface area contributed by atoms with Crippen LogP contribution in [0.2, 0.25) is 0 Å². The SMILES string of the molecule is CNCC1CCCN(S(=O)(=O)c2cccc(C(F)(F)F)c2)C1. The van der Waals surface area contributed by atoms with Crippen LogP contribution in [-0.4, -0.2) is 39.4 Å². The van der Waals surface area contributed by atoms with Crippen LogP contribution in [0, 0.1) is 5.92 Å². The molecule has 1 N–H and O–H groups in total. The lowest BCUT2D eigenvalue weighted by molar-refractivity contribution is -0.137. The van der Waals surface area contributed by atoms with E-state index in [1.165, 1.54) is 10.4 Å². The van der Waals surface area contributed by atoms with Gasteiger partial charge < -0.3 is 5.32 Å². The number of alkyl halides is 3. The Hall–Kier alpha value is -1.12. The highest BCUT2D eigenvalue weighted by molar-refractivity contribution is 7.89. The van der Waals surface area contributed by atoms with E-state index in [0.29, 0.717) is 32.1 Å². The van der Waals surface area contributed by atoms with Gasteiger partial charge in [-0.15, -0.1) is 0 Å². The molecule has 124 valence electrons. The largest absolute Gasteiger partial charge is 0.416 e. The summed E-state index contributed by atoms with van der Waals surface area (Å²) in [6.45, 7) is 1.37. The Morgan fingerprint density at radius 3 is 2.73 bits per heavy atom. The van der Waals surface area contributed by atoms with Crippen LogP contribution in [-0.2, 0) is 16.2 Å². The monoisotopic (exact) mass is 336 g/mol. The maximum absolute atomic E-state index is 12.7. The summed E-state index contributed by atoms with van der Waals surface area (Å²) in [5.41, 5.74) is -0.947.